The molecule has 5 heteroatoms. The third-order valence-corrected chi connectivity index (χ3v) is 5.78. The van der Waals surface area contributed by atoms with Gasteiger partial charge in [-0.25, -0.2) is 9.78 Å². The Kier molecular flexibility index (Phi) is 4.38. The van der Waals surface area contributed by atoms with E-state index in [-0.39, 0.29) is 0 Å². The van der Waals surface area contributed by atoms with Crippen LogP contribution in [0.4, 0.5) is 5.82 Å². The van der Waals surface area contributed by atoms with Gasteiger partial charge in [0.2, 0.25) is 0 Å². The monoisotopic (exact) mass is 306 g/mol. The molecule has 1 heterocycles. The second-order valence-corrected chi connectivity index (χ2v) is 7.04. The number of rotatable bonds is 4. The first-order chi connectivity index (χ1) is 10.2. The number of carboxylic acids is 1. The highest BCUT2D eigenvalue weighted by Gasteiger charge is 2.28. The van der Waals surface area contributed by atoms with Gasteiger partial charge in [-0.05, 0) is 56.4 Å². The zero-order valence-electron chi connectivity index (χ0n) is 12.4. The van der Waals surface area contributed by atoms with Crippen LogP contribution < -0.4 is 5.32 Å². The number of aromatic nitrogens is 1. The van der Waals surface area contributed by atoms with Crippen LogP contribution in [0.3, 0.4) is 0 Å². The van der Waals surface area contributed by atoms with Crippen LogP contribution in [0.5, 0.6) is 0 Å². The van der Waals surface area contributed by atoms with E-state index in [4.69, 9.17) is 0 Å². The molecule has 0 aliphatic heterocycles. The normalized spacial score (nSPS) is 24.6. The minimum atomic E-state index is -0.878. The Labute approximate surface area is 129 Å². The van der Waals surface area contributed by atoms with Crippen LogP contribution in [-0.4, -0.2) is 33.6 Å². The molecule has 2 aliphatic carbocycles. The molecule has 21 heavy (non-hydrogen) atoms. The maximum atomic E-state index is 11.5. The zero-order valence-corrected chi connectivity index (χ0v) is 13.2. The molecule has 2 atom stereocenters. The summed E-state index contributed by atoms with van der Waals surface area (Å²) in [4.78, 5) is 16.2. The molecule has 2 unspecified atom stereocenters. The standard InChI is InChI=1S/C16H22N2O2S/c1-21-14-8-4-7-13(14)18-15-11(16(19)20)9-10-5-2-3-6-12(10)17-15/h9,13-14H,2-8H2,1H3,(H,17,18)(H,19,20). The molecule has 4 nitrogen and oxygen atoms in total. The third-order valence-electron chi connectivity index (χ3n) is 4.61. The maximum absolute atomic E-state index is 11.5. The highest BCUT2D eigenvalue weighted by Crippen LogP contribution is 2.32. The Morgan fingerprint density at radius 1 is 1.33 bits per heavy atom. The Morgan fingerprint density at radius 2 is 2.14 bits per heavy atom. The van der Waals surface area contributed by atoms with Gasteiger partial charge in [0, 0.05) is 17.0 Å². The molecular formula is C16H22N2O2S. The lowest BCUT2D eigenvalue weighted by atomic mass is 9.94. The van der Waals surface area contributed by atoms with Crippen molar-refractivity contribution in [2.45, 2.75) is 56.2 Å². The van der Waals surface area contributed by atoms with E-state index in [0.717, 1.165) is 43.4 Å². The quantitative estimate of drug-likeness (QED) is 0.893. The van der Waals surface area contributed by atoms with Crippen LogP contribution in [-0.2, 0) is 12.8 Å². The van der Waals surface area contributed by atoms with Gasteiger partial charge in [0.15, 0.2) is 0 Å². The van der Waals surface area contributed by atoms with Crippen molar-refractivity contribution in [3.8, 4) is 0 Å². The molecule has 114 valence electrons. The van der Waals surface area contributed by atoms with E-state index in [1.54, 1.807) is 0 Å². The number of hydrogen-bond acceptors (Lipinski definition) is 4. The molecule has 1 fully saturated rings. The summed E-state index contributed by atoms with van der Waals surface area (Å²) in [6, 6.07) is 2.18. The molecule has 2 N–H and O–H groups in total. The number of nitrogens with zero attached hydrogens (tertiary/aromatic N) is 1. The molecule has 1 saturated carbocycles. The Balaban J connectivity index is 1.90. The average Bonchev–Trinajstić information content (AvgIpc) is 2.93. The summed E-state index contributed by atoms with van der Waals surface area (Å²) in [5.74, 6) is -0.300. The molecule has 0 saturated heterocycles. The first-order valence-corrected chi connectivity index (χ1v) is 9.03. The molecule has 0 aromatic carbocycles. The minimum Gasteiger partial charge on any atom is -0.478 e. The number of anilines is 1. The Bertz CT molecular complexity index is 547. The van der Waals surface area contributed by atoms with Gasteiger partial charge in [-0.15, -0.1) is 0 Å². The number of nitrogens with one attached hydrogen (secondary N) is 1. The van der Waals surface area contributed by atoms with Gasteiger partial charge in [0.1, 0.15) is 11.4 Å². The van der Waals surface area contributed by atoms with Gasteiger partial charge in [0.05, 0.1) is 0 Å². The smallest absolute Gasteiger partial charge is 0.339 e. The second kappa shape index (κ2) is 6.26. The van der Waals surface area contributed by atoms with E-state index < -0.39 is 5.97 Å². The van der Waals surface area contributed by atoms with Crippen LogP contribution >= 0.6 is 11.8 Å². The van der Waals surface area contributed by atoms with Gasteiger partial charge in [-0.3, -0.25) is 0 Å². The number of fused-ring (bicyclic) bond motifs is 1. The summed E-state index contributed by atoms with van der Waals surface area (Å²) in [5, 5.41) is 13.5. The number of hydrogen-bond donors (Lipinski definition) is 2. The minimum absolute atomic E-state index is 0.336. The van der Waals surface area contributed by atoms with Crippen LogP contribution in [0, 0.1) is 0 Å². The molecule has 0 bridgehead atoms. The molecule has 0 spiro atoms. The molecule has 0 radical (unpaired) electrons. The van der Waals surface area contributed by atoms with Gasteiger partial charge in [-0.1, -0.05) is 6.42 Å². The fraction of sp³-hybridized carbons (Fsp3) is 0.625. The van der Waals surface area contributed by atoms with Gasteiger partial charge in [0.25, 0.3) is 0 Å². The van der Waals surface area contributed by atoms with Crippen molar-refractivity contribution in [3.05, 3.63) is 22.9 Å². The third kappa shape index (κ3) is 3.03. The lowest BCUT2D eigenvalue weighted by Gasteiger charge is -2.23. The fourth-order valence-corrected chi connectivity index (χ4v) is 4.39. The van der Waals surface area contributed by atoms with Crippen molar-refractivity contribution in [2.75, 3.05) is 11.6 Å². The topological polar surface area (TPSA) is 62.2 Å². The summed E-state index contributed by atoms with van der Waals surface area (Å²) in [6.07, 6.45) is 9.86. The first kappa shape index (κ1) is 14.7. The van der Waals surface area contributed by atoms with E-state index in [0.29, 0.717) is 22.7 Å². The SMILES string of the molecule is CSC1CCCC1Nc1nc2c(cc1C(=O)O)CCCC2. The number of aryl methyl sites for hydroxylation is 2. The van der Waals surface area contributed by atoms with Crippen molar-refractivity contribution in [3.63, 3.8) is 0 Å². The van der Waals surface area contributed by atoms with Crippen LogP contribution in [0.2, 0.25) is 0 Å². The van der Waals surface area contributed by atoms with Crippen LogP contribution in [0.1, 0.15) is 53.7 Å². The number of aromatic carboxylic acids is 1. The molecule has 2 aliphatic rings. The van der Waals surface area contributed by atoms with Gasteiger partial charge >= 0.3 is 5.97 Å². The van der Waals surface area contributed by atoms with Crippen LogP contribution in [0.25, 0.3) is 0 Å². The van der Waals surface area contributed by atoms with E-state index in [2.05, 4.69) is 16.6 Å². The maximum Gasteiger partial charge on any atom is 0.339 e. The average molecular weight is 306 g/mol. The summed E-state index contributed by atoms with van der Waals surface area (Å²) in [6.45, 7) is 0. The predicted molar refractivity (Wildman–Crippen MR) is 86.4 cm³/mol. The van der Waals surface area contributed by atoms with Crippen LogP contribution in [0.15, 0.2) is 6.07 Å². The number of carbonyl (C=O) groups is 1. The lowest BCUT2D eigenvalue weighted by Crippen LogP contribution is -2.28. The van der Waals surface area contributed by atoms with Crippen molar-refractivity contribution in [2.24, 2.45) is 0 Å². The van der Waals surface area contributed by atoms with E-state index >= 15 is 0 Å². The molecule has 1 aromatic rings. The Hall–Kier alpha value is -1.23. The lowest BCUT2D eigenvalue weighted by molar-refractivity contribution is 0.0697. The molecule has 3 rings (SSSR count). The Morgan fingerprint density at radius 3 is 2.90 bits per heavy atom. The highest BCUT2D eigenvalue weighted by molar-refractivity contribution is 7.99. The second-order valence-electron chi connectivity index (χ2n) is 5.96. The number of pyridine rings is 1. The highest BCUT2D eigenvalue weighted by atomic mass is 32.2. The van der Waals surface area contributed by atoms with Crippen molar-refractivity contribution >= 4 is 23.5 Å². The van der Waals surface area contributed by atoms with E-state index in [9.17, 15) is 9.90 Å². The summed E-state index contributed by atoms with van der Waals surface area (Å²) in [7, 11) is 0. The summed E-state index contributed by atoms with van der Waals surface area (Å²) >= 11 is 1.87. The van der Waals surface area contributed by atoms with Gasteiger partial charge in [-0.2, -0.15) is 11.8 Å². The van der Waals surface area contributed by atoms with Gasteiger partial charge < -0.3 is 10.4 Å². The molecule has 1 aromatic heterocycles. The van der Waals surface area contributed by atoms with E-state index in [1.165, 1.54) is 12.8 Å². The molecular weight excluding hydrogens is 284 g/mol. The predicted octanol–water partition coefficient (Wildman–Crippen LogP) is 3.35. The molecule has 0 amide bonds. The summed E-state index contributed by atoms with van der Waals surface area (Å²) in [5.41, 5.74) is 2.55. The summed E-state index contributed by atoms with van der Waals surface area (Å²) < 4.78 is 0. The fourth-order valence-electron chi connectivity index (χ4n) is 3.46. The van der Waals surface area contributed by atoms with Crippen molar-refractivity contribution in [1.29, 1.82) is 0 Å². The van der Waals surface area contributed by atoms with Crippen molar-refractivity contribution < 1.29 is 9.90 Å². The van der Waals surface area contributed by atoms with Crippen molar-refractivity contribution in [1.82, 2.24) is 4.98 Å². The largest absolute Gasteiger partial charge is 0.478 e. The number of thioether (sulfide) groups is 1. The zero-order chi connectivity index (χ0) is 14.8. The van der Waals surface area contributed by atoms with E-state index in [1.807, 2.05) is 17.8 Å². The first-order valence-electron chi connectivity index (χ1n) is 7.74. The number of carboxylic acid groups (broad SMARTS) is 1.